The molecule has 2 N–H and O–H groups in total. The quantitative estimate of drug-likeness (QED) is 0.649. The van der Waals surface area contributed by atoms with Crippen LogP contribution in [0.2, 0.25) is 0 Å². The zero-order valence-electron chi connectivity index (χ0n) is 13.9. The summed E-state index contributed by atoms with van der Waals surface area (Å²) in [6.45, 7) is 0. The summed E-state index contributed by atoms with van der Waals surface area (Å²) in [6.07, 6.45) is 0. The summed E-state index contributed by atoms with van der Waals surface area (Å²) in [5.41, 5.74) is 1.88. The lowest BCUT2D eigenvalue weighted by Crippen LogP contribution is -2.37. The molecule has 0 aliphatic heterocycles. The number of carbonyl (C=O) groups is 2. The van der Waals surface area contributed by atoms with Gasteiger partial charge in [-0.15, -0.1) is 0 Å². The van der Waals surface area contributed by atoms with Crippen LogP contribution in [0, 0.1) is 0 Å². The van der Waals surface area contributed by atoms with Gasteiger partial charge in [0.15, 0.2) is 0 Å². The number of rotatable bonds is 5. The van der Waals surface area contributed by atoms with Crippen LogP contribution in [-0.4, -0.2) is 11.8 Å². The van der Waals surface area contributed by atoms with Gasteiger partial charge in [0.2, 0.25) is 0 Å². The summed E-state index contributed by atoms with van der Waals surface area (Å²) >= 11 is 3.37. The SMILES string of the molecule is O=C(NC(C(=O)Nc1ccc(Br)cc1)c1ccccc1)c1ccccc1. The standard InChI is InChI=1S/C21H17BrN2O2/c22-17-11-13-18(14-12-17)23-21(26)19(15-7-3-1-4-8-15)24-20(25)16-9-5-2-6-10-16/h1-14,19H,(H,23,26)(H,24,25). The number of hydrogen-bond donors (Lipinski definition) is 2. The second-order valence-electron chi connectivity index (χ2n) is 5.68. The van der Waals surface area contributed by atoms with Crippen molar-refractivity contribution in [2.24, 2.45) is 0 Å². The van der Waals surface area contributed by atoms with Gasteiger partial charge in [0.05, 0.1) is 0 Å². The monoisotopic (exact) mass is 408 g/mol. The molecule has 4 nitrogen and oxygen atoms in total. The third kappa shape index (κ3) is 4.58. The maximum atomic E-state index is 12.8. The molecule has 2 amide bonds. The summed E-state index contributed by atoms with van der Waals surface area (Å²) in [6, 6.07) is 24.5. The highest BCUT2D eigenvalue weighted by Crippen LogP contribution is 2.19. The second kappa shape index (κ2) is 8.45. The van der Waals surface area contributed by atoms with Crippen molar-refractivity contribution in [1.82, 2.24) is 5.32 Å². The van der Waals surface area contributed by atoms with E-state index in [1.165, 1.54) is 0 Å². The summed E-state index contributed by atoms with van der Waals surface area (Å²) in [5.74, 6) is -0.604. The molecule has 0 saturated carbocycles. The van der Waals surface area contributed by atoms with E-state index in [1.54, 1.807) is 36.4 Å². The van der Waals surface area contributed by atoms with E-state index in [2.05, 4.69) is 26.6 Å². The lowest BCUT2D eigenvalue weighted by molar-refractivity contribution is -0.118. The van der Waals surface area contributed by atoms with Crippen molar-refractivity contribution in [3.05, 3.63) is 101 Å². The molecule has 0 aliphatic carbocycles. The Morgan fingerprint density at radius 3 is 1.96 bits per heavy atom. The minimum Gasteiger partial charge on any atom is -0.336 e. The molecule has 0 spiro atoms. The predicted molar refractivity (Wildman–Crippen MR) is 106 cm³/mol. The number of anilines is 1. The van der Waals surface area contributed by atoms with Crippen LogP contribution in [0.1, 0.15) is 22.0 Å². The molecule has 3 aromatic carbocycles. The molecule has 26 heavy (non-hydrogen) atoms. The van der Waals surface area contributed by atoms with Gasteiger partial charge in [0.25, 0.3) is 11.8 Å². The summed E-state index contributed by atoms with van der Waals surface area (Å²) in [4.78, 5) is 25.4. The molecule has 130 valence electrons. The molecule has 1 unspecified atom stereocenters. The molecular weight excluding hydrogens is 392 g/mol. The average molecular weight is 409 g/mol. The van der Waals surface area contributed by atoms with Crippen molar-refractivity contribution >= 4 is 33.4 Å². The lowest BCUT2D eigenvalue weighted by atomic mass is 10.1. The van der Waals surface area contributed by atoms with Gasteiger partial charge < -0.3 is 10.6 Å². The average Bonchev–Trinajstić information content (AvgIpc) is 2.69. The van der Waals surface area contributed by atoms with E-state index in [4.69, 9.17) is 0 Å². The van der Waals surface area contributed by atoms with E-state index < -0.39 is 6.04 Å². The Hall–Kier alpha value is -2.92. The Kier molecular flexibility index (Phi) is 5.81. The number of benzene rings is 3. The van der Waals surface area contributed by atoms with E-state index in [0.29, 0.717) is 16.8 Å². The highest BCUT2D eigenvalue weighted by Gasteiger charge is 2.23. The summed E-state index contributed by atoms with van der Waals surface area (Å²) in [7, 11) is 0. The number of halogens is 1. The zero-order chi connectivity index (χ0) is 18.4. The van der Waals surface area contributed by atoms with Crippen molar-refractivity contribution in [3.8, 4) is 0 Å². The first-order valence-electron chi connectivity index (χ1n) is 8.11. The van der Waals surface area contributed by atoms with Crippen LogP contribution in [0.4, 0.5) is 5.69 Å². The number of hydrogen-bond acceptors (Lipinski definition) is 2. The molecule has 1 atom stereocenters. The van der Waals surface area contributed by atoms with Crippen LogP contribution in [-0.2, 0) is 4.79 Å². The minimum absolute atomic E-state index is 0.301. The lowest BCUT2D eigenvalue weighted by Gasteiger charge is -2.19. The van der Waals surface area contributed by atoms with Crippen LogP contribution in [0.5, 0.6) is 0 Å². The van der Waals surface area contributed by atoms with Gasteiger partial charge in [0.1, 0.15) is 6.04 Å². The maximum absolute atomic E-state index is 12.8. The topological polar surface area (TPSA) is 58.2 Å². The van der Waals surface area contributed by atoms with Gasteiger partial charge in [-0.1, -0.05) is 64.5 Å². The van der Waals surface area contributed by atoms with E-state index in [0.717, 1.165) is 4.47 Å². The van der Waals surface area contributed by atoms with Gasteiger partial charge >= 0.3 is 0 Å². The normalized spacial score (nSPS) is 11.4. The molecule has 0 saturated heterocycles. The second-order valence-corrected chi connectivity index (χ2v) is 6.60. The molecule has 3 aromatic rings. The Bertz CT molecular complexity index is 881. The number of nitrogens with one attached hydrogen (secondary N) is 2. The number of carbonyl (C=O) groups excluding carboxylic acids is 2. The van der Waals surface area contributed by atoms with Crippen LogP contribution in [0.3, 0.4) is 0 Å². The van der Waals surface area contributed by atoms with Crippen molar-refractivity contribution in [1.29, 1.82) is 0 Å². The molecule has 3 rings (SSSR count). The molecule has 0 heterocycles. The Morgan fingerprint density at radius 2 is 1.35 bits per heavy atom. The third-order valence-electron chi connectivity index (χ3n) is 3.82. The van der Waals surface area contributed by atoms with Crippen molar-refractivity contribution in [2.45, 2.75) is 6.04 Å². The van der Waals surface area contributed by atoms with Crippen molar-refractivity contribution in [3.63, 3.8) is 0 Å². The fraction of sp³-hybridized carbons (Fsp3) is 0.0476. The third-order valence-corrected chi connectivity index (χ3v) is 4.35. The minimum atomic E-state index is -0.799. The van der Waals surface area contributed by atoms with Crippen LogP contribution >= 0.6 is 15.9 Å². The zero-order valence-corrected chi connectivity index (χ0v) is 15.4. The van der Waals surface area contributed by atoms with Gasteiger partial charge in [-0.3, -0.25) is 9.59 Å². The number of amides is 2. The molecule has 5 heteroatoms. The highest BCUT2D eigenvalue weighted by molar-refractivity contribution is 9.10. The van der Waals surface area contributed by atoms with Crippen LogP contribution in [0.15, 0.2) is 89.4 Å². The Labute approximate surface area is 160 Å². The van der Waals surface area contributed by atoms with Crippen molar-refractivity contribution < 1.29 is 9.59 Å². The maximum Gasteiger partial charge on any atom is 0.252 e. The molecule has 0 radical (unpaired) electrons. The Morgan fingerprint density at radius 1 is 0.769 bits per heavy atom. The first-order valence-corrected chi connectivity index (χ1v) is 8.90. The molecule has 0 fully saturated rings. The van der Waals surface area contributed by atoms with Gasteiger partial charge in [-0.2, -0.15) is 0 Å². The largest absolute Gasteiger partial charge is 0.336 e. The summed E-state index contributed by atoms with van der Waals surface area (Å²) < 4.78 is 0.924. The summed E-state index contributed by atoms with van der Waals surface area (Å²) in [5, 5.41) is 5.67. The fourth-order valence-corrected chi connectivity index (χ4v) is 2.76. The molecule has 0 aromatic heterocycles. The Balaban J connectivity index is 1.82. The van der Waals surface area contributed by atoms with Crippen LogP contribution in [0.25, 0.3) is 0 Å². The predicted octanol–water partition coefficient (Wildman–Crippen LogP) is 4.56. The smallest absolute Gasteiger partial charge is 0.252 e. The van der Waals surface area contributed by atoms with E-state index in [1.807, 2.05) is 48.5 Å². The molecular formula is C21H17BrN2O2. The van der Waals surface area contributed by atoms with E-state index in [-0.39, 0.29) is 11.8 Å². The van der Waals surface area contributed by atoms with E-state index in [9.17, 15) is 9.59 Å². The van der Waals surface area contributed by atoms with Gasteiger partial charge in [-0.25, -0.2) is 0 Å². The fourth-order valence-electron chi connectivity index (χ4n) is 2.50. The van der Waals surface area contributed by atoms with E-state index >= 15 is 0 Å². The molecule has 0 aliphatic rings. The molecule has 0 bridgehead atoms. The van der Waals surface area contributed by atoms with Gasteiger partial charge in [0, 0.05) is 15.7 Å². The first kappa shape index (κ1) is 17.9. The van der Waals surface area contributed by atoms with Crippen molar-refractivity contribution in [2.75, 3.05) is 5.32 Å². The first-order chi connectivity index (χ1) is 12.6. The highest BCUT2D eigenvalue weighted by atomic mass is 79.9. The van der Waals surface area contributed by atoms with Gasteiger partial charge in [-0.05, 0) is 42.0 Å². The van der Waals surface area contributed by atoms with Crippen LogP contribution < -0.4 is 10.6 Å².